The summed E-state index contributed by atoms with van der Waals surface area (Å²) in [7, 11) is 3.98. The van der Waals surface area contributed by atoms with E-state index in [1.807, 2.05) is 43.3 Å². The van der Waals surface area contributed by atoms with Crippen molar-refractivity contribution in [3.63, 3.8) is 0 Å². The number of H-pyrrole nitrogens is 1. The van der Waals surface area contributed by atoms with Gasteiger partial charge in [-0.05, 0) is 25.1 Å². The van der Waals surface area contributed by atoms with Gasteiger partial charge in [-0.15, -0.1) is 0 Å². The van der Waals surface area contributed by atoms with Gasteiger partial charge in [0.15, 0.2) is 0 Å². The van der Waals surface area contributed by atoms with E-state index in [2.05, 4.69) is 10.2 Å². The topological polar surface area (TPSA) is 58.2 Å². The van der Waals surface area contributed by atoms with Crippen LogP contribution in [0.3, 0.4) is 0 Å². The summed E-state index contributed by atoms with van der Waals surface area (Å²) in [4.78, 5) is 13.6. The third-order valence-electron chi connectivity index (χ3n) is 2.75. The van der Waals surface area contributed by atoms with Gasteiger partial charge >= 0.3 is 5.97 Å². The monoisotopic (exact) mass is 259 g/mol. The minimum Gasteiger partial charge on any atom is -0.461 e. The number of esters is 1. The van der Waals surface area contributed by atoms with Crippen molar-refractivity contribution in [3.05, 3.63) is 36.0 Å². The maximum Gasteiger partial charge on any atom is 0.356 e. The first-order valence-electron chi connectivity index (χ1n) is 6.12. The lowest BCUT2D eigenvalue weighted by Gasteiger charge is -2.11. The second-order valence-corrected chi connectivity index (χ2v) is 4.33. The third-order valence-corrected chi connectivity index (χ3v) is 2.75. The van der Waals surface area contributed by atoms with Crippen LogP contribution in [0.1, 0.15) is 17.4 Å². The molecule has 0 fully saturated rings. The highest BCUT2D eigenvalue weighted by atomic mass is 16.5. The van der Waals surface area contributed by atoms with Crippen molar-refractivity contribution in [3.8, 4) is 11.3 Å². The Balaban J connectivity index is 2.20. The van der Waals surface area contributed by atoms with E-state index in [1.54, 1.807) is 13.0 Å². The summed E-state index contributed by atoms with van der Waals surface area (Å²) in [5.41, 5.74) is 3.17. The van der Waals surface area contributed by atoms with Gasteiger partial charge in [0.2, 0.25) is 0 Å². The highest BCUT2D eigenvalue weighted by molar-refractivity contribution is 5.88. The standard InChI is InChI=1S/C14H17N3O2/c1-4-19-14(18)13-9-12(15-16-13)10-5-7-11(8-6-10)17(2)3/h5-9H,4H2,1-3H3,(H,15,16). The van der Waals surface area contributed by atoms with Crippen LogP contribution in [0.25, 0.3) is 11.3 Å². The number of carbonyl (C=O) groups excluding carboxylic acids is 1. The number of hydrogen-bond donors (Lipinski definition) is 1. The Labute approximate surface area is 112 Å². The summed E-state index contributed by atoms with van der Waals surface area (Å²) >= 11 is 0. The summed E-state index contributed by atoms with van der Waals surface area (Å²) in [5, 5.41) is 6.82. The average molecular weight is 259 g/mol. The van der Waals surface area contributed by atoms with Crippen LogP contribution in [0.4, 0.5) is 5.69 Å². The Hall–Kier alpha value is -2.30. The molecular formula is C14H17N3O2. The Morgan fingerprint density at radius 1 is 1.32 bits per heavy atom. The highest BCUT2D eigenvalue weighted by Crippen LogP contribution is 2.21. The molecule has 19 heavy (non-hydrogen) atoms. The fraction of sp³-hybridized carbons (Fsp3) is 0.286. The van der Waals surface area contributed by atoms with E-state index in [4.69, 9.17) is 4.74 Å². The van der Waals surface area contributed by atoms with E-state index in [-0.39, 0.29) is 5.97 Å². The maximum absolute atomic E-state index is 11.5. The van der Waals surface area contributed by atoms with Crippen molar-refractivity contribution in [2.24, 2.45) is 0 Å². The number of benzene rings is 1. The Morgan fingerprint density at radius 2 is 2.00 bits per heavy atom. The molecule has 0 spiro atoms. The summed E-state index contributed by atoms with van der Waals surface area (Å²) in [5.74, 6) is -0.383. The molecule has 2 rings (SSSR count). The van der Waals surface area contributed by atoms with Crippen LogP contribution < -0.4 is 4.90 Å². The fourth-order valence-corrected chi connectivity index (χ4v) is 1.71. The van der Waals surface area contributed by atoms with Gasteiger partial charge in [-0.1, -0.05) is 12.1 Å². The number of anilines is 1. The Bertz CT molecular complexity index is 558. The van der Waals surface area contributed by atoms with E-state index in [0.717, 1.165) is 16.9 Å². The van der Waals surface area contributed by atoms with Gasteiger partial charge in [0.25, 0.3) is 0 Å². The van der Waals surface area contributed by atoms with Gasteiger partial charge < -0.3 is 9.64 Å². The van der Waals surface area contributed by atoms with Crippen molar-refractivity contribution >= 4 is 11.7 Å². The smallest absolute Gasteiger partial charge is 0.356 e. The van der Waals surface area contributed by atoms with Crippen LogP contribution in [-0.2, 0) is 4.74 Å². The van der Waals surface area contributed by atoms with Crippen LogP contribution in [0.15, 0.2) is 30.3 Å². The van der Waals surface area contributed by atoms with E-state index in [0.29, 0.717) is 12.3 Å². The number of carbonyl (C=O) groups is 1. The molecule has 2 aromatic rings. The van der Waals surface area contributed by atoms with E-state index in [9.17, 15) is 4.79 Å². The van der Waals surface area contributed by atoms with Crippen molar-refractivity contribution in [2.75, 3.05) is 25.6 Å². The minimum absolute atomic E-state index is 0.352. The molecule has 0 unspecified atom stereocenters. The molecule has 5 heteroatoms. The second kappa shape index (κ2) is 5.56. The number of aromatic amines is 1. The molecule has 0 aliphatic heterocycles. The van der Waals surface area contributed by atoms with Crippen molar-refractivity contribution in [1.82, 2.24) is 10.2 Å². The summed E-state index contributed by atoms with van der Waals surface area (Å²) in [6.07, 6.45) is 0. The summed E-state index contributed by atoms with van der Waals surface area (Å²) in [6, 6.07) is 9.66. The number of rotatable bonds is 4. The molecule has 1 heterocycles. The minimum atomic E-state index is -0.383. The molecule has 5 nitrogen and oxygen atoms in total. The lowest BCUT2D eigenvalue weighted by molar-refractivity contribution is 0.0519. The SMILES string of the molecule is CCOC(=O)c1cc(-c2ccc(N(C)C)cc2)n[nH]1. The van der Waals surface area contributed by atoms with Gasteiger partial charge in [0, 0.05) is 25.3 Å². The number of hydrogen-bond acceptors (Lipinski definition) is 4. The van der Waals surface area contributed by atoms with Crippen LogP contribution in [0.2, 0.25) is 0 Å². The molecule has 0 bridgehead atoms. The summed E-state index contributed by atoms with van der Waals surface area (Å²) in [6.45, 7) is 2.12. The Morgan fingerprint density at radius 3 is 2.58 bits per heavy atom. The molecule has 1 N–H and O–H groups in total. The van der Waals surface area contributed by atoms with Crippen molar-refractivity contribution < 1.29 is 9.53 Å². The predicted molar refractivity (Wildman–Crippen MR) is 74.3 cm³/mol. The first-order valence-corrected chi connectivity index (χ1v) is 6.12. The molecule has 0 saturated heterocycles. The van der Waals surface area contributed by atoms with Crippen LogP contribution in [0, 0.1) is 0 Å². The van der Waals surface area contributed by atoms with Crippen molar-refractivity contribution in [1.29, 1.82) is 0 Å². The molecule has 0 aliphatic carbocycles. The number of aromatic nitrogens is 2. The predicted octanol–water partition coefficient (Wildman–Crippen LogP) is 2.32. The average Bonchev–Trinajstić information content (AvgIpc) is 2.89. The first-order chi connectivity index (χ1) is 9.11. The molecular weight excluding hydrogens is 242 g/mol. The van der Waals surface area contributed by atoms with Crippen molar-refractivity contribution in [2.45, 2.75) is 6.92 Å². The molecule has 0 aliphatic rings. The van der Waals surface area contributed by atoms with Gasteiger partial charge in [0.1, 0.15) is 5.69 Å². The molecule has 0 amide bonds. The lowest BCUT2D eigenvalue weighted by atomic mass is 10.1. The quantitative estimate of drug-likeness (QED) is 0.856. The Kier molecular flexibility index (Phi) is 3.85. The third kappa shape index (κ3) is 2.93. The zero-order valence-electron chi connectivity index (χ0n) is 11.3. The van der Waals surface area contributed by atoms with Gasteiger partial charge in [-0.2, -0.15) is 5.10 Å². The number of nitrogens with zero attached hydrogens (tertiary/aromatic N) is 2. The van der Waals surface area contributed by atoms with E-state index >= 15 is 0 Å². The normalized spacial score (nSPS) is 10.3. The van der Waals surface area contributed by atoms with E-state index in [1.165, 1.54) is 0 Å². The highest BCUT2D eigenvalue weighted by Gasteiger charge is 2.11. The maximum atomic E-state index is 11.5. The number of nitrogens with one attached hydrogen (secondary N) is 1. The fourth-order valence-electron chi connectivity index (χ4n) is 1.71. The summed E-state index contributed by atoms with van der Waals surface area (Å²) < 4.78 is 4.91. The van der Waals surface area contributed by atoms with Gasteiger partial charge in [0.05, 0.1) is 12.3 Å². The zero-order valence-corrected chi connectivity index (χ0v) is 11.3. The first kappa shape index (κ1) is 13.1. The molecule has 1 aromatic carbocycles. The van der Waals surface area contributed by atoms with Gasteiger partial charge in [-0.3, -0.25) is 5.10 Å². The van der Waals surface area contributed by atoms with Crippen LogP contribution in [-0.4, -0.2) is 36.9 Å². The lowest BCUT2D eigenvalue weighted by Crippen LogP contribution is -2.07. The van der Waals surface area contributed by atoms with Gasteiger partial charge in [-0.25, -0.2) is 4.79 Å². The zero-order chi connectivity index (χ0) is 13.8. The second-order valence-electron chi connectivity index (χ2n) is 4.33. The largest absolute Gasteiger partial charge is 0.461 e. The number of ether oxygens (including phenoxy) is 1. The van der Waals surface area contributed by atoms with Crippen LogP contribution >= 0.6 is 0 Å². The molecule has 1 aromatic heterocycles. The molecule has 0 atom stereocenters. The molecule has 100 valence electrons. The molecule has 0 saturated carbocycles. The van der Waals surface area contributed by atoms with Crippen LogP contribution in [0.5, 0.6) is 0 Å². The van der Waals surface area contributed by atoms with E-state index < -0.39 is 0 Å². The molecule has 0 radical (unpaired) electrons.